The molecule has 5 heteroatoms. The van der Waals surface area contributed by atoms with Crippen molar-refractivity contribution in [3.05, 3.63) is 76.6 Å². The Morgan fingerprint density at radius 2 is 2.00 bits per heavy atom. The summed E-state index contributed by atoms with van der Waals surface area (Å²) < 4.78 is 0. The lowest BCUT2D eigenvalue weighted by Gasteiger charge is -2.24. The van der Waals surface area contributed by atoms with Gasteiger partial charge in [-0.3, -0.25) is 4.79 Å². The summed E-state index contributed by atoms with van der Waals surface area (Å²) in [7, 11) is 0. The smallest absolute Gasteiger partial charge is 0.257 e. The molecule has 2 aromatic heterocycles. The van der Waals surface area contributed by atoms with Gasteiger partial charge in [0.15, 0.2) is 0 Å². The number of rotatable bonds is 4. The Morgan fingerprint density at radius 3 is 2.80 bits per heavy atom. The van der Waals surface area contributed by atoms with Crippen molar-refractivity contribution < 1.29 is 4.79 Å². The maximum atomic E-state index is 13.2. The number of carbonyl (C=O) groups excluding carboxylic acids is 1. The number of likely N-dealkylation sites (tertiary alicyclic amines) is 1. The molecule has 126 valence electrons. The molecular weight excluding hydrogens is 348 g/mol. The van der Waals surface area contributed by atoms with Crippen LogP contribution in [0.5, 0.6) is 0 Å². The zero-order chi connectivity index (χ0) is 17.1. The Bertz CT molecular complexity index is 849. The molecule has 3 heterocycles. The minimum Gasteiger partial charge on any atom is -0.331 e. The molecule has 3 aromatic rings. The standard InChI is InChI=1S/C20H18N2OS2/c23-20(22-13-5-10-17(22)18-11-6-14-24-18)16-9-4-12-21-19(16)25-15-7-2-1-3-8-15/h1-4,6-9,11-12,14,17H,5,10,13H2/t17-/m1/s1. The monoisotopic (exact) mass is 366 g/mol. The third kappa shape index (κ3) is 3.48. The fraction of sp³-hybridized carbons (Fsp3) is 0.200. The number of thiophene rings is 1. The number of benzene rings is 1. The van der Waals surface area contributed by atoms with E-state index in [0.717, 1.165) is 29.3 Å². The number of amides is 1. The van der Waals surface area contributed by atoms with Gasteiger partial charge in [0.05, 0.1) is 11.6 Å². The van der Waals surface area contributed by atoms with Crippen LogP contribution < -0.4 is 0 Å². The number of hydrogen-bond donors (Lipinski definition) is 0. The number of pyridine rings is 1. The van der Waals surface area contributed by atoms with E-state index in [1.165, 1.54) is 4.88 Å². The molecule has 0 N–H and O–H groups in total. The Balaban J connectivity index is 1.62. The van der Waals surface area contributed by atoms with E-state index in [9.17, 15) is 4.79 Å². The predicted molar refractivity (Wildman–Crippen MR) is 102 cm³/mol. The second kappa shape index (κ2) is 7.42. The van der Waals surface area contributed by atoms with Crippen molar-refractivity contribution in [3.8, 4) is 0 Å². The van der Waals surface area contributed by atoms with Crippen LogP contribution in [0.1, 0.15) is 34.1 Å². The van der Waals surface area contributed by atoms with Gasteiger partial charge in [-0.2, -0.15) is 0 Å². The second-order valence-corrected chi connectivity index (χ2v) is 7.98. The highest BCUT2D eigenvalue weighted by Gasteiger charge is 2.32. The minimum absolute atomic E-state index is 0.0856. The Hall–Kier alpha value is -2.11. The van der Waals surface area contributed by atoms with Crippen LogP contribution in [0.4, 0.5) is 0 Å². The van der Waals surface area contributed by atoms with Gasteiger partial charge in [-0.15, -0.1) is 11.3 Å². The van der Waals surface area contributed by atoms with Crippen LogP contribution >= 0.6 is 23.1 Å². The van der Waals surface area contributed by atoms with Crippen LogP contribution in [0.3, 0.4) is 0 Å². The molecule has 0 radical (unpaired) electrons. The van der Waals surface area contributed by atoms with Crippen molar-refractivity contribution in [1.29, 1.82) is 0 Å². The fourth-order valence-electron chi connectivity index (χ4n) is 3.18. The molecule has 0 bridgehead atoms. The average Bonchev–Trinajstić information content (AvgIpc) is 3.34. The van der Waals surface area contributed by atoms with Crippen molar-refractivity contribution in [1.82, 2.24) is 9.88 Å². The van der Waals surface area contributed by atoms with E-state index in [1.807, 2.05) is 47.4 Å². The van der Waals surface area contributed by atoms with Gasteiger partial charge in [0, 0.05) is 22.5 Å². The van der Waals surface area contributed by atoms with Crippen LogP contribution in [0.15, 0.2) is 76.1 Å². The van der Waals surface area contributed by atoms with Crippen LogP contribution in [-0.2, 0) is 0 Å². The first kappa shape index (κ1) is 16.4. The summed E-state index contributed by atoms with van der Waals surface area (Å²) in [6.45, 7) is 0.811. The highest BCUT2D eigenvalue weighted by molar-refractivity contribution is 7.99. The number of hydrogen-bond acceptors (Lipinski definition) is 4. The van der Waals surface area contributed by atoms with Gasteiger partial charge in [-0.25, -0.2) is 4.98 Å². The molecule has 25 heavy (non-hydrogen) atoms. The van der Waals surface area contributed by atoms with Crippen LogP contribution in [0.2, 0.25) is 0 Å². The third-order valence-corrected chi connectivity index (χ3v) is 6.34. The van der Waals surface area contributed by atoms with Crippen molar-refractivity contribution >= 4 is 29.0 Å². The summed E-state index contributed by atoms with van der Waals surface area (Å²) >= 11 is 3.27. The molecule has 1 atom stereocenters. The molecule has 0 spiro atoms. The molecular formula is C20H18N2OS2. The predicted octanol–water partition coefficient (Wildman–Crippen LogP) is 5.27. The quantitative estimate of drug-likeness (QED) is 0.630. The van der Waals surface area contributed by atoms with Gasteiger partial charge in [-0.1, -0.05) is 36.0 Å². The zero-order valence-corrected chi connectivity index (χ0v) is 15.3. The van der Waals surface area contributed by atoms with E-state index in [1.54, 1.807) is 29.3 Å². The summed E-state index contributed by atoms with van der Waals surface area (Å²) in [5, 5.41) is 2.85. The number of aromatic nitrogens is 1. The van der Waals surface area contributed by atoms with E-state index < -0.39 is 0 Å². The van der Waals surface area contributed by atoms with Crippen LogP contribution in [0, 0.1) is 0 Å². The number of carbonyl (C=O) groups is 1. The maximum Gasteiger partial charge on any atom is 0.257 e. The Morgan fingerprint density at radius 1 is 1.12 bits per heavy atom. The van der Waals surface area contributed by atoms with Gasteiger partial charge in [-0.05, 0) is 48.6 Å². The van der Waals surface area contributed by atoms with E-state index in [0.29, 0.717) is 5.56 Å². The molecule has 1 aliphatic heterocycles. The normalized spacial score (nSPS) is 17.0. The van der Waals surface area contributed by atoms with Gasteiger partial charge < -0.3 is 4.90 Å². The Kier molecular flexibility index (Phi) is 4.85. The minimum atomic E-state index is 0.0856. The van der Waals surface area contributed by atoms with Gasteiger partial charge in [0.1, 0.15) is 5.03 Å². The van der Waals surface area contributed by atoms with Gasteiger partial charge >= 0.3 is 0 Å². The highest BCUT2D eigenvalue weighted by atomic mass is 32.2. The second-order valence-electron chi connectivity index (χ2n) is 5.94. The molecule has 0 unspecified atom stereocenters. The lowest BCUT2D eigenvalue weighted by Crippen LogP contribution is -2.30. The van der Waals surface area contributed by atoms with Crippen molar-refractivity contribution in [2.75, 3.05) is 6.54 Å². The molecule has 3 nitrogen and oxygen atoms in total. The molecule has 4 rings (SSSR count). The lowest BCUT2D eigenvalue weighted by molar-refractivity contribution is 0.0733. The molecule has 1 aromatic carbocycles. The SMILES string of the molecule is O=C(c1cccnc1Sc1ccccc1)N1CCC[C@@H]1c1cccs1. The number of nitrogens with zero attached hydrogens (tertiary/aromatic N) is 2. The summed E-state index contributed by atoms with van der Waals surface area (Å²) in [4.78, 5) is 22.1. The van der Waals surface area contributed by atoms with Crippen molar-refractivity contribution in [2.24, 2.45) is 0 Å². The van der Waals surface area contributed by atoms with Crippen molar-refractivity contribution in [3.63, 3.8) is 0 Å². The largest absolute Gasteiger partial charge is 0.331 e. The molecule has 1 aliphatic rings. The molecule has 1 fully saturated rings. The highest BCUT2D eigenvalue weighted by Crippen LogP contribution is 2.37. The van der Waals surface area contributed by atoms with Crippen LogP contribution in [0.25, 0.3) is 0 Å². The zero-order valence-electron chi connectivity index (χ0n) is 13.7. The molecule has 0 saturated carbocycles. The summed E-state index contributed by atoms with van der Waals surface area (Å²) in [6.07, 6.45) is 3.84. The molecule has 1 saturated heterocycles. The molecule has 0 aliphatic carbocycles. The summed E-state index contributed by atoms with van der Waals surface area (Å²) in [5.41, 5.74) is 0.694. The summed E-state index contributed by atoms with van der Waals surface area (Å²) in [6, 6.07) is 18.2. The molecule has 1 amide bonds. The van der Waals surface area contributed by atoms with E-state index in [2.05, 4.69) is 22.5 Å². The van der Waals surface area contributed by atoms with Crippen molar-refractivity contribution in [2.45, 2.75) is 28.8 Å². The maximum absolute atomic E-state index is 13.2. The summed E-state index contributed by atoms with van der Waals surface area (Å²) in [5.74, 6) is 0.0856. The first-order valence-electron chi connectivity index (χ1n) is 8.35. The fourth-order valence-corrected chi connectivity index (χ4v) is 4.95. The topological polar surface area (TPSA) is 33.2 Å². The lowest BCUT2D eigenvalue weighted by atomic mass is 10.1. The third-order valence-electron chi connectivity index (χ3n) is 4.34. The first-order valence-corrected chi connectivity index (χ1v) is 10.0. The first-order chi connectivity index (χ1) is 12.3. The van der Waals surface area contributed by atoms with E-state index in [-0.39, 0.29) is 11.9 Å². The average molecular weight is 367 g/mol. The van der Waals surface area contributed by atoms with Gasteiger partial charge in [0.25, 0.3) is 5.91 Å². The van der Waals surface area contributed by atoms with Gasteiger partial charge in [0.2, 0.25) is 0 Å². The van der Waals surface area contributed by atoms with Crippen LogP contribution in [-0.4, -0.2) is 22.3 Å². The Labute approximate surface area is 155 Å². The van der Waals surface area contributed by atoms with E-state index in [4.69, 9.17) is 0 Å². The van der Waals surface area contributed by atoms with E-state index >= 15 is 0 Å².